The van der Waals surface area contributed by atoms with Crippen molar-refractivity contribution in [3.8, 4) is 11.3 Å². The van der Waals surface area contributed by atoms with Gasteiger partial charge in [-0.3, -0.25) is 5.10 Å². The lowest BCUT2D eigenvalue weighted by atomic mass is 10.1. The highest BCUT2D eigenvalue weighted by atomic mass is 127. The van der Waals surface area contributed by atoms with Gasteiger partial charge in [0.15, 0.2) is 5.82 Å². The summed E-state index contributed by atoms with van der Waals surface area (Å²) in [6.45, 7) is 0. The van der Waals surface area contributed by atoms with Crippen molar-refractivity contribution in [2.24, 2.45) is 0 Å². The fraction of sp³-hybridized carbons (Fsp3) is 0. The Labute approximate surface area is 120 Å². The highest BCUT2D eigenvalue weighted by molar-refractivity contribution is 14.1. The van der Waals surface area contributed by atoms with E-state index < -0.39 is 0 Å². The van der Waals surface area contributed by atoms with E-state index in [9.17, 15) is 0 Å². The number of benzene rings is 1. The number of anilines is 1. The van der Waals surface area contributed by atoms with Gasteiger partial charge < -0.3 is 5.73 Å². The first kappa shape index (κ1) is 12.3. The number of aromatic nitrogens is 2. The van der Waals surface area contributed by atoms with Gasteiger partial charge in [-0.2, -0.15) is 5.10 Å². The first-order valence-corrected chi connectivity index (χ1v) is 6.37. The number of nitrogens with two attached hydrogens (primary N) is 1. The number of aromatic amines is 1. The molecule has 0 aliphatic carbocycles. The molecule has 16 heavy (non-hydrogen) atoms. The van der Waals surface area contributed by atoms with Crippen LogP contribution in [0.1, 0.15) is 0 Å². The summed E-state index contributed by atoms with van der Waals surface area (Å²) in [7, 11) is 0. The van der Waals surface area contributed by atoms with Crippen LogP contribution in [0, 0.1) is 3.57 Å². The largest absolute Gasteiger partial charge is 0.381 e. The molecule has 0 saturated carbocycles. The Morgan fingerprint density at radius 2 is 1.88 bits per heavy atom. The van der Waals surface area contributed by atoms with Gasteiger partial charge in [0.1, 0.15) is 0 Å². The number of hydrogen-bond acceptors (Lipinski definition) is 2. The van der Waals surface area contributed by atoms with Crippen molar-refractivity contribution in [2.45, 2.75) is 0 Å². The summed E-state index contributed by atoms with van der Waals surface area (Å²) in [4.78, 5) is 0. The molecule has 84 valence electrons. The molecule has 0 radical (unpaired) electrons. The second kappa shape index (κ2) is 4.60. The van der Waals surface area contributed by atoms with E-state index in [4.69, 9.17) is 40.5 Å². The summed E-state index contributed by atoms with van der Waals surface area (Å²) in [5.41, 5.74) is 7.11. The molecule has 2 aromatic rings. The second-order valence-electron chi connectivity index (χ2n) is 3.02. The first-order chi connectivity index (χ1) is 7.52. The van der Waals surface area contributed by atoms with Crippen molar-refractivity contribution in [1.82, 2.24) is 10.2 Å². The van der Waals surface area contributed by atoms with Gasteiger partial charge in [0.25, 0.3) is 0 Å². The fourth-order valence-electron chi connectivity index (χ4n) is 1.24. The Morgan fingerprint density at radius 1 is 1.19 bits per heavy atom. The first-order valence-electron chi connectivity index (χ1n) is 4.15. The molecule has 0 spiro atoms. The molecule has 0 amide bonds. The number of halogens is 4. The lowest BCUT2D eigenvalue weighted by molar-refractivity contribution is 1.10. The molecule has 1 aromatic heterocycles. The van der Waals surface area contributed by atoms with Crippen LogP contribution in [0.15, 0.2) is 12.1 Å². The van der Waals surface area contributed by atoms with Crippen LogP contribution in [-0.2, 0) is 0 Å². The minimum atomic E-state index is 0.324. The SMILES string of the molecule is Nc1n[nH]c(-c2ccc(Cl)c(Cl)c2Cl)c1I. The Bertz CT molecular complexity index is 553. The highest BCUT2D eigenvalue weighted by Gasteiger charge is 2.16. The number of H-pyrrole nitrogens is 1. The maximum Gasteiger partial charge on any atom is 0.159 e. The van der Waals surface area contributed by atoms with Gasteiger partial charge >= 0.3 is 0 Å². The molecule has 3 N–H and O–H groups in total. The predicted molar refractivity (Wildman–Crippen MR) is 76.2 cm³/mol. The molecular formula is C9H5Cl3IN3. The molecule has 0 unspecified atom stereocenters. The number of rotatable bonds is 1. The Kier molecular flexibility index (Phi) is 3.53. The van der Waals surface area contributed by atoms with Gasteiger partial charge in [0.2, 0.25) is 0 Å². The number of nitrogens with zero attached hydrogens (tertiary/aromatic N) is 1. The third kappa shape index (κ3) is 1.99. The van der Waals surface area contributed by atoms with Crippen LogP contribution in [-0.4, -0.2) is 10.2 Å². The minimum absolute atomic E-state index is 0.324. The standard InChI is InChI=1S/C9H5Cl3IN3/c10-4-2-1-3(5(11)6(4)12)8-7(13)9(14)16-15-8/h1-2H,(H3,14,15,16). The van der Waals surface area contributed by atoms with Crippen LogP contribution < -0.4 is 5.73 Å². The average molecular weight is 388 g/mol. The van der Waals surface area contributed by atoms with E-state index in [0.717, 1.165) is 14.8 Å². The molecule has 0 aliphatic rings. The summed E-state index contributed by atoms with van der Waals surface area (Å²) in [6, 6.07) is 3.45. The zero-order chi connectivity index (χ0) is 11.9. The van der Waals surface area contributed by atoms with E-state index in [1.165, 1.54) is 0 Å². The number of hydrogen-bond donors (Lipinski definition) is 2. The van der Waals surface area contributed by atoms with Crippen molar-refractivity contribution in [2.75, 3.05) is 5.73 Å². The molecule has 0 aliphatic heterocycles. The van der Waals surface area contributed by atoms with Crippen LogP contribution in [0.5, 0.6) is 0 Å². The maximum absolute atomic E-state index is 6.11. The minimum Gasteiger partial charge on any atom is -0.381 e. The normalized spacial score (nSPS) is 10.8. The maximum atomic E-state index is 6.11. The zero-order valence-corrected chi connectivity index (χ0v) is 12.1. The molecule has 0 atom stereocenters. The smallest absolute Gasteiger partial charge is 0.159 e. The molecule has 1 heterocycles. The third-order valence-electron chi connectivity index (χ3n) is 2.04. The van der Waals surface area contributed by atoms with E-state index >= 15 is 0 Å². The van der Waals surface area contributed by atoms with Crippen LogP contribution in [0.3, 0.4) is 0 Å². The quantitative estimate of drug-likeness (QED) is 0.568. The van der Waals surface area contributed by atoms with Crippen molar-refractivity contribution in [1.29, 1.82) is 0 Å². The Morgan fingerprint density at radius 3 is 2.44 bits per heavy atom. The molecule has 1 aromatic carbocycles. The summed E-state index contributed by atoms with van der Waals surface area (Å²) in [6.07, 6.45) is 0. The molecule has 7 heteroatoms. The van der Waals surface area contributed by atoms with E-state index in [1.807, 2.05) is 0 Å². The van der Waals surface area contributed by atoms with E-state index in [1.54, 1.807) is 12.1 Å². The van der Waals surface area contributed by atoms with E-state index in [-0.39, 0.29) is 0 Å². The highest BCUT2D eigenvalue weighted by Crippen LogP contribution is 2.39. The summed E-state index contributed by atoms with van der Waals surface area (Å²) < 4.78 is 0.804. The summed E-state index contributed by atoms with van der Waals surface area (Å²) in [5.74, 6) is 0.428. The van der Waals surface area contributed by atoms with Crippen LogP contribution in [0.2, 0.25) is 15.1 Å². The van der Waals surface area contributed by atoms with Crippen molar-refractivity contribution >= 4 is 63.2 Å². The summed E-state index contributed by atoms with van der Waals surface area (Å²) in [5, 5.41) is 7.83. The van der Waals surface area contributed by atoms with Crippen molar-refractivity contribution in [3.05, 3.63) is 30.8 Å². The topological polar surface area (TPSA) is 54.7 Å². The van der Waals surface area contributed by atoms with Gasteiger partial charge in [-0.1, -0.05) is 34.8 Å². The Balaban J connectivity index is 2.66. The van der Waals surface area contributed by atoms with Gasteiger partial charge in [-0.15, -0.1) is 0 Å². The Hall–Kier alpha value is -0.170. The second-order valence-corrected chi connectivity index (χ2v) is 5.26. The predicted octanol–water partition coefficient (Wildman–Crippen LogP) is 4.22. The molecule has 0 bridgehead atoms. The van der Waals surface area contributed by atoms with E-state index in [0.29, 0.717) is 20.9 Å². The molecule has 3 nitrogen and oxygen atoms in total. The lowest BCUT2D eigenvalue weighted by Crippen LogP contribution is -1.87. The van der Waals surface area contributed by atoms with Crippen molar-refractivity contribution in [3.63, 3.8) is 0 Å². The van der Waals surface area contributed by atoms with Gasteiger partial charge in [0, 0.05) is 5.56 Å². The fourth-order valence-corrected chi connectivity index (χ4v) is 2.40. The van der Waals surface area contributed by atoms with Gasteiger partial charge in [-0.25, -0.2) is 0 Å². The van der Waals surface area contributed by atoms with E-state index in [2.05, 4.69) is 32.8 Å². The molecule has 2 rings (SSSR count). The zero-order valence-electron chi connectivity index (χ0n) is 7.69. The monoisotopic (exact) mass is 387 g/mol. The summed E-state index contributed by atoms with van der Waals surface area (Å²) >= 11 is 20.0. The van der Waals surface area contributed by atoms with Crippen LogP contribution in [0.25, 0.3) is 11.3 Å². The van der Waals surface area contributed by atoms with Crippen LogP contribution >= 0.6 is 57.4 Å². The van der Waals surface area contributed by atoms with Gasteiger partial charge in [0.05, 0.1) is 24.3 Å². The molecule has 0 saturated heterocycles. The average Bonchev–Trinajstić information content (AvgIpc) is 2.58. The number of nitrogens with one attached hydrogen (secondary N) is 1. The van der Waals surface area contributed by atoms with Gasteiger partial charge in [-0.05, 0) is 34.7 Å². The number of nitrogen functional groups attached to an aromatic ring is 1. The van der Waals surface area contributed by atoms with Crippen molar-refractivity contribution < 1.29 is 0 Å². The third-order valence-corrected chi connectivity index (χ3v) is 4.42. The lowest BCUT2D eigenvalue weighted by Gasteiger charge is -2.05. The van der Waals surface area contributed by atoms with Crippen LogP contribution in [0.4, 0.5) is 5.82 Å². The molecule has 0 fully saturated rings. The molecular weight excluding hydrogens is 383 g/mol.